The third-order valence-corrected chi connectivity index (χ3v) is 2.35. The Hall–Kier alpha value is -0.560. The largest absolute Gasteiger partial charge is 0.393 e. The Morgan fingerprint density at radius 3 is 2.83 bits per heavy atom. The van der Waals surface area contributed by atoms with E-state index in [0.29, 0.717) is 0 Å². The molecule has 1 atom stereocenters. The van der Waals surface area contributed by atoms with E-state index in [9.17, 15) is 5.11 Å². The van der Waals surface area contributed by atoms with Crippen molar-refractivity contribution < 1.29 is 5.11 Å². The highest BCUT2D eigenvalue weighted by molar-refractivity contribution is 5.21. The molecule has 0 spiro atoms. The van der Waals surface area contributed by atoms with Gasteiger partial charge >= 0.3 is 0 Å². The minimum atomic E-state index is -0.137. The van der Waals surface area contributed by atoms with Gasteiger partial charge in [0.2, 0.25) is 0 Å². The van der Waals surface area contributed by atoms with Gasteiger partial charge in [-0.25, -0.2) is 0 Å². The highest BCUT2D eigenvalue weighted by Crippen LogP contribution is 2.22. The maximum Gasteiger partial charge on any atom is 0.0574 e. The average molecular weight is 166 g/mol. The zero-order chi connectivity index (χ0) is 8.97. The molecular weight excluding hydrogens is 148 g/mol. The summed E-state index contributed by atoms with van der Waals surface area (Å²) in [5.74, 6) is 0. The van der Waals surface area contributed by atoms with Gasteiger partial charge in [0.25, 0.3) is 0 Å². The predicted molar refractivity (Wildman–Crippen MR) is 52.0 cm³/mol. The number of rotatable bonds is 3. The number of allylic oxidation sites excluding steroid dienone is 3. The van der Waals surface area contributed by atoms with Crippen LogP contribution in [0.1, 0.15) is 39.5 Å². The van der Waals surface area contributed by atoms with E-state index >= 15 is 0 Å². The Morgan fingerprint density at radius 2 is 2.25 bits per heavy atom. The van der Waals surface area contributed by atoms with E-state index in [-0.39, 0.29) is 6.10 Å². The fraction of sp³-hybridized carbons (Fsp3) is 0.636. The molecule has 0 aliphatic heterocycles. The summed E-state index contributed by atoms with van der Waals surface area (Å²) in [6, 6.07) is 0. The molecule has 1 aliphatic carbocycles. The molecule has 68 valence electrons. The molecule has 0 saturated heterocycles. The Kier molecular flexibility index (Phi) is 3.54. The van der Waals surface area contributed by atoms with Crippen LogP contribution in [0.3, 0.4) is 0 Å². The highest BCUT2D eigenvalue weighted by Gasteiger charge is 2.07. The molecule has 1 rings (SSSR count). The molecule has 0 saturated carbocycles. The summed E-state index contributed by atoms with van der Waals surface area (Å²) < 4.78 is 0. The quantitative estimate of drug-likeness (QED) is 0.639. The molecule has 1 nitrogen and oxygen atoms in total. The van der Waals surface area contributed by atoms with E-state index in [4.69, 9.17) is 0 Å². The van der Waals surface area contributed by atoms with Gasteiger partial charge in [0.1, 0.15) is 0 Å². The molecule has 1 N–H and O–H groups in total. The molecule has 1 heteroatoms. The standard InChI is InChI=1S/C11H18O/c1-3-11(12)8-10-6-4-5-9(2)7-10/h5-6,11-12H,3-4,7-8H2,1-2H3/t11-/m1/s1. The topological polar surface area (TPSA) is 20.2 Å². The van der Waals surface area contributed by atoms with Crippen molar-refractivity contribution in [1.82, 2.24) is 0 Å². The Labute approximate surface area is 74.8 Å². The summed E-state index contributed by atoms with van der Waals surface area (Å²) in [7, 11) is 0. The van der Waals surface area contributed by atoms with E-state index in [2.05, 4.69) is 19.1 Å². The molecular formula is C11H18O. The van der Waals surface area contributed by atoms with E-state index in [1.54, 1.807) is 0 Å². The SMILES string of the molecule is CC[C@@H](O)CC1=CCC=C(C)C1. The van der Waals surface area contributed by atoms with Gasteiger partial charge in [-0.05, 0) is 32.6 Å². The van der Waals surface area contributed by atoms with Gasteiger partial charge in [0.15, 0.2) is 0 Å². The molecule has 0 fully saturated rings. The van der Waals surface area contributed by atoms with Gasteiger partial charge in [-0.15, -0.1) is 0 Å². The third kappa shape index (κ3) is 2.82. The second-order valence-electron chi connectivity index (χ2n) is 3.59. The molecule has 0 aromatic rings. The lowest BCUT2D eigenvalue weighted by atomic mass is 9.94. The summed E-state index contributed by atoms with van der Waals surface area (Å²) in [5.41, 5.74) is 2.85. The predicted octanol–water partition coefficient (Wildman–Crippen LogP) is 2.81. The first kappa shape index (κ1) is 9.53. The van der Waals surface area contributed by atoms with Crippen molar-refractivity contribution in [2.45, 2.75) is 45.6 Å². The van der Waals surface area contributed by atoms with E-state index in [0.717, 1.165) is 25.7 Å². The molecule has 0 aromatic carbocycles. The van der Waals surface area contributed by atoms with Crippen molar-refractivity contribution in [3.05, 3.63) is 23.3 Å². The fourth-order valence-electron chi connectivity index (χ4n) is 1.53. The maximum atomic E-state index is 9.44. The number of aliphatic hydroxyl groups excluding tert-OH is 1. The Bertz CT molecular complexity index is 201. The van der Waals surface area contributed by atoms with Crippen molar-refractivity contribution in [3.8, 4) is 0 Å². The molecule has 0 bridgehead atoms. The summed E-state index contributed by atoms with van der Waals surface area (Å²) in [6.07, 6.45) is 8.20. The molecule has 0 radical (unpaired) electrons. The summed E-state index contributed by atoms with van der Waals surface area (Å²) in [4.78, 5) is 0. The average Bonchev–Trinajstić information content (AvgIpc) is 2.04. The van der Waals surface area contributed by atoms with Crippen LogP contribution in [0.15, 0.2) is 23.3 Å². The summed E-state index contributed by atoms with van der Waals surface area (Å²) >= 11 is 0. The number of aliphatic hydroxyl groups is 1. The molecule has 0 heterocycles. The van der Waals surface area contributed by atoms with Crippen LogP contribution < -0.4 is 0 Å². The smallest absolute Gasteiger partial charge is 0.0574 e. The van der Waals surface area contributed by atoms with Crippen molar-refractivity contribution in [1.29, 1.82) is 0 Å². The monoisotopic (exact) mass is 166 g/mol. The minimum absolute atomic E-state index is 0.137. The lowest BCUT2D eigenvalue weighted by Crippen LogP contribution is -2.07. The first-order valence-electron chi connectivity index (χ1n) is 4.74. The van der Waals surface area contributed by atoms with Crippen LogP contribution in [0.2, 0.25) is 0 Å². The second-order valence-corrected chi connectivity index (χ2v) is 3.59. The Balaban J connectivity index is 2.39. The lowest BCUT2D eigenvalue weighted by Gasteiger charge is -2.15. The van der Waals surface area contributed by atoms with E-state index < -0.39 is 0 Å². The van der Waals surface area contributed by atoms with Crippen LogP contribution in [0.5, 0.6) is 0 Å². The van der Waals surface area contributed by atoms with Gasteiger partial charge in [0, 0.05) is 0 Å². The number of hydrogen-bond acceptors (Lipinski definition) is 1. The van der Waals surface area contributed by atoms with Gasteiger partial charge in [-0.1, -0.05) is 30.2 Å². The molecule has 0 unspecified atom stereocenters. The lowest BCUT2D eigenvalue weighted by molar-refractivity contribution is 0.170. The highest BCUT2D eigenvalue weighted by atomic mass is 16.3. The summed E-state index contributed by atoms with van der Waals surface area (Å²) in [5, 5.41) is 9.44. The van der Waals surface area contributed by atoms with Crippen LogP contribution in [0.25, 0.3) is 0 Å². The van der Waals surface area contributed by atoms with Crippen LogP contribution >= 0.6 is 0 Å². The fourth-order valence-corrected chi connectivity index (χ4v) is 1.53. The minimum Gasteiger partial charge on any atom is -0.393 e. The van der Waals surface area contributed by atoms with Crippen molar-refractivity contribution in [3.63, 3.8) is 0 Å². The van der Waals surface area contributed by atoms with Gasteiger partial charge in [-0.2, -0.15) is 0 Å². The van der Waals surface area contributed by atoms with Crippen LogP contribution in [-0.2, 0) is 0 Å². The van der Waals surface area contributed by atoms with Gasteiger partial charge in [0.05, 0.1) is 6.10 Å². The van der Waals surface area contributed by atoms with Gasteiger partial charge < -0.3 is 5.11 Å². The molecule has 0 aromatic heterocycles. The molecule has 0 amide bonds. The van der Waals surface area contributed by atoms with Crippen molar-refractivity contribution in [2.75, 3.05) is 0 Å². The maximum absolute atomic E-state index is 9.44. The molecule has 12 heavy (non-hydrogen) atoms. The zero-order valence-electron chi connectivity index (χ0n) is 8.01. The van der Waals surface area contributed by atoms with Crippen molar-refractivity contribution in [2.24, 2.45) is 0 Å². The van der Waals surface area contributed by atoms with Crippen LogP contribution in [-0.4, -0.2) is 11.2 Å². The van der Waals surface area contributed by atoms with Crippen molar-refractivity contribution >= 4 is 0 Å². The van der Waals surface area contributed by atoms with E-state index in [1.165, 1.54) is 11.1 Å². The van der Waals surface area contributed by atoms with E-state index in [1.807, 2.05) is 6.92 Å². The van der Waals surface area contributed by atoms with Crippen LogP contribution in [0, 0.1) is 0 Å². The normalized spacial score (nSPS) is 19.9. The second kappa shape index (κ2) is 4.46. The Morgan fingerprint density at radius 1 is 1.50 bits per heavy atom. The zero-order valence-corrected chi connectivity index (χ0v) is 8.01. The third-order valence-electron chi connectivity index (χ3n) is 2.35. The molecule has 1 aliphatic rings. The van der Waals surface area contributed by atoms with Crippen LogP contribution in [0.4, 0.5) is 0 Å². The number of hydrogen-bond donors (Lipinski definition) is 1. The summed E-state index contributed by atoms with van der Waals surface area (Å²) in [6.45, 7) is 4.18. The first-order valence-corrected chi connectivity index (χ1v) is 4.74. The first-order chi connectivity index (χ1) is 5.72. The van der Waals surface area contributed by atoms with Gasteiger partial charge in [-0.3, -0.25) is 0 Å².